The Bertz CT molecular complexity index is 5410. The van der Waals surface area contributed by atoms with Crippen molar-refractivity contribution in [1.29, 1.82) is 10.5 Å². The second-order valence-corrected chi connectivity index (χ2v) is 24.6. The molecule has 7 aromatic carbocycles. The lowest BCUT2D eigenvalue weighted by atomic mass is 9.65. The summed E-state index contributed by atoms with van der Waals surface area (Å²) in [5, 5.41) is 22.1. The molecule has 0 aliphatic carbocycles. The fourth-order valence-electron chi connectivity index (χ4n) is 13.2. The minimum atomic E-state index is -5.44. The van der Waals surface area contributed by atoms with Crippen LogP contribution in [0, 0.1) is 35.3 Å². The number of rotatable bonds is 15. The molecule has 10 aromatic rings. The summed E-state index contributed by atoms with van der Waals surface area (Å²) < 4.78 is 212. The molecule has 0 amide bonds. The number of fused-ring (bicyclic) bond motifs is 2. The molecule has 0 bridgehead atoms. The number of nitrogens with one attached hydrogen (secondary N) is 1. The number of hydrogen-bond acceptors (Lipinski definition) is 14. The summed E-state index contributed by atoms with van der Waals surface area (Å²) in [5.74, 6) is 0.331. The topological polar surface area (TPSA) is 214 Å². The zero-order valence-corrected chi connectivity index (χ0v) is 55.7. The predicted octanol–water partition coefficient (Wildman–Crippen LogP) is 16.8. The zero-order valence-electron chi connectivity index (χ0n) is 55.7. The highest BCUT2D eigenvalue weighted by atomic mass is 19.4. The number of nitriles is 2. The average molecular weight is 1430 g/mol. The van der Waals surface area contributed by atoms with E-state index in [1.54, 1.807) is 33.9 Å². The molecule has 1 N–H and O–H groups in total. The summed E-state index contributed by atoms with van der Waals surface area (Å²) in [5.41, 5.74) is -11.8. The maximum absolute atomic E-state index is 15.3. The molecule has 16 nitrogen and oxygen atoms in total. The summed E-state index contributed by atoms with van der Waals surface area (Å²) in [7, 11) is 4.89. The molecule has 0 radical (unpaired) electrons. The van der Waals surface area contributed by atoms with Crippen LogP contribution in [-0.2, 0) is 50.2 Å². The number of pyridine rings is 1. The minimum absolute atomic E-state index is 0.0168. The number of carbonyl (C=O) groups is 3. The number of allylic oxidation sites excluding steroid dienone is 1. The number of benzene rings is 7. The third-order valence-electron chi connectivity index (χ3n) is 17.7. The van der Waals surface area contributed by atoms with Crippen LogP contribution >= 0.6 is 0 Å². The molecule has 0 spiro atoms. The number of ether oxygens (including phenoxy) is 5. The van der Waals surface area contributed by atoms with Gasteiger partial charge in [0.1, 0.15) is 28.4 Å². The molecular formula is C74H54BF12N5O11. The number of halogens is 12. The number of hydrogen-bond donors (Lipinski definition) is 1. The number of aromatic nitrogens is 2. The highest BCUT2D eigenvalue weighted by molar-refractivity contribution is 6.73. The van der Waals surface area contributed by atoms with Gasteiger partial charge in [0.2, 0.25) is 0 Å². The van der Waals surface area contributed by atoms with Crippen molar-refractivity contribution < 1.29 is 95.2 Å². The van der Waals surface area contributed by atoms with E-state index in [4.69, 9.17) is 28.1 Å². The van der Waals surface area contributed by atoms with Crippen LogP contribution in [0.15, 0.2) is 152 Å². The Labute approximate surface area is 576 Å². The Balaban J connectivity index is 1.08. The molecule has 0 saturated carbocycles. The molecule has 0 unspecified atom stereocenters. The molecule has 1 aliphatic rings. The van der Waals surface area contributed by atoms with Gasteiger partial charge in [-0.25, -0.2) is 24.7 Å². The van der Waals surface area contributed by atoms with E-state index in [0.29, 0.717) is 40.0 Å². The van der Waals surface area contributed by atoms with Crippen molar-refractivity contribution in [3.63, 3.8) is 0 Å². The van der Waals surface area contributed by atoms with Crippen molar-refractivity contribution in [2.24, 2.45) is 5.92 Å². The van der Waals surface area contributed by atoms with Crippen LogP contribution in [-0.4, -0.2) is 62.2 Å². The Kier molecular flexibility index (Phi) is 18.8. The van der Waals surface area contributed by atoms with E-state index in [9.17, 15) is 77.6 Å². The highest BCUT2D eigenvalue weighted by Gasteiger charge is 2.42. The van der Waals surface area contributed by atoms with E-state index in [0.717, 1.165) is 31.4 Å². The maximum atomic E-state index is 15.3. The lowest BCUT2D eigenvalue weighted by molar-refractivity contribution is -0.144. The summed E-state index contributed by atoms with van der Waals surface area (Å²) in [6.45, 7) is 8.76. The molecule has 3 aromatic heterocycles. The van der Waals surface area contributed by atoms with Crippen LogP contribution in [0.4, 0.5) is 52.7 Å². The summed E-state index contributed by atoms with van der Waals surface area (Å²) in [6.07, 6.45) is -20.7. The molecule has 4 heterocycles. The number of para-hydroxylation sites is 1. The van der Waals surface area contributed by atoms with E-state index >= 15 is 9.59 Å². The van der Waals surface area contributed by atoms with Crippen LogP contribution in [0.1, 0.15) is 101 Å². The van der Waals surface area contributed by atoms with Crippen molar-refractivity contribution in [3.05, 3.63) is 214 Å². The first-order valence-corrected chi connectivity index (χ1v) is 31.0. The molecule has 1 aliphatic heterocycles. The number of esters is 3. The number of alkyl halides is 12. The van der Waals surface area contributed by atoms with Crippen molar-refractivity contribution in [2.75, 3.05) is 28.4 Å². The lowest BCUT2D eigenvalue weighted by Gasteiger charge is -2.29. The van der Waals surface area contributed by atoms with Crippen LogP contribution in [0.2, 0.25) is 0 Å². The fraction of sp³-hybridized carbons (Fsp3) is 0.230. The molecule has 528 valence electrons. The molecule has 0 atom stereocenters. The first-order valence-electron chi connectivity index (χ1n) is 31.0. The van der Waals surface area contributed by atoms with E-state index in [2.05, 4.69) is 5.32 Å². The summed E-state index contributed by atoms with van der Waals surface area (Å²) >= 11 is 0. The Hall–Kier alpha value is -11.7. The molecule has 11 rings (SSSR count). The molecule has 103 heavy (non-hydrogen) atoms. The largest absolute Gasteiger partial charge is 0.496 e. The average Bonchev–Trinajstić information content (AvgIpc) is 1.33. The van der Waals surface area contributed by atoms with Crippen molar-refractivity contribution >= 4 is 73.8 Å². The zero-order chi connectivity index (χ0) is 75.2. The van der Waals surface area contributed by atoms with E-state index < -0.39 is 139 Å². The third-order valence-corrected chi connectivity index (χ3v) is 17.7. The first-order chi connectivity index (χ1) is 48.4. The SMILES string of the molecule is COC(=O)C1=C(C)/C(=C(\c2c(OC)cc(OC(=O)Cc3ccc(-n4c(=O)c5cc(-c6cc(C(F)(F)F)cc(C(F)(F)F)c6)c6oc7ccccc7c7c(-c8cc(C(F)(F)F)cc(C(F)(F)F)c8)cc(c4=O)c5c67)cc3)cc2OC)c2c(C)c(C(=O)OC)c(C(C)C)n2B(C#N)C#N)NC=C1C(C)C. The van der Waals surface area contributed by atoms with Gasteiger partial charge in [-0.15, -0.1) is 0 Å². The fourth-order valence-corrected chi connectivity index (χ4v) is 13.2. The van der Waals surface area contributed by atoms with E-state index in [1.165, 1.54) is 74.3 Å². The number of carbonyl (C=O) groups excluding carboxylic acids is 3. The van der Waals surface area contributed by atoms with Gasteiger partial charge in [0.05, 0.1) is 97.1 Å². The van der Waals surface area contributed by atoms with Crippen molar-refractivity contribution in [3.8, 4) is 57.1 Å². The second-order valence-electron chi connectivity index (χ2n) is 24.6. The standard InChI is InChI=1S/C74H54BF12N5O11/c1-33(2)51-30-90-63(35(5)56(51)69(96)100-9)62(65-36(6)57(70(97)101-10)64(34(3)4)92(65)75(31-88)32-89)60-53(98-7)26-45(27-54(60)99-8)102-55(93)19-37-15-17-44(18-16-37)91-67(94)49-28-47(38-20-40(71(76,77)78)24-41(21-38)72(79,80)81)58-46-13-11-12-14-52(46)103-66-48(29-50(68(91)95)59(49)61(58)66)39-22-42(73(82,83)84)25-43(23-39)74(85,86)87/h11-18,20-30,33-34,90H,19H2,1-10H3/b63-62-. The highest BCUT2D eigenvalue weighted by Crippen LogP contribution is 2.52. The minimum Gasteiger partial charge on any atom is -0.496 e. The Morgan fingerprint density at radius 2 is 1.11 bits per heavy atom. The van der Waals surface area contributed by atoms with Crippen LogP contribution < -0.4 is 30.6 Å². The van der Waals surface area contributed by atoms with Crippen LogP contribution in [0.5, 0.6) is 17.2 Å². The number of methoxy groups -OCH3 is 4. The number of dihydropyridines is 1. The van der Waals surface area contributed by atoms with Gasteiger partial charge in [-0.1, -0.05) is 58.0 Å². The maximum Gasteiger partial charge on any atom is 0.496 e. The monoisotopic (exact) mass is 1430 g/mol. The van der Waals surface area contributed by atoms with Crippen molar-refractivity contribution in [2.45, 2.75) is 78.6 Å². The lowest BCUT2D eigenvalue weighted by Crippen LogP contribution is -2.32. The molecular weight excluding hydrogens is 1370 g/mol. The van der Waals surface area contributed by atoms with Gasteiger partial charge in [0, 0.05) is 73.2 Å². The first kappa shape index (κ1) is 72.5. The Morgan fingerprint density at radius 3 is 1.58 bits per heavy atom. The molecule has 0 saturated heterocycles. The predicted molar refractivity (Wildman–Crippen MR) is 355 cm³/mol. The smallest absolute Gasteiger partial charge is 0.496 e. The van der Waals surface area contributed by atoms with Gasteiger partial charge in [-0.3, -0.25) is 14.4 Å². The van der Waals surface area contributed by atoms with Gasteiger partial charge in [-0.05, 0) is 131 Å². The molecule has 0 fully saturated rings. The normalized spacial score (nSPS) is 13.6. The Morgan fingerprint density at radius 1 is 0.602 bits per heavy atom. The van der Waals surface area contributed by atoms with Gasteiger partial charge >= 0.3 is 49.5 Å². The van der Waals surface area contributed by atoms with Gasteiger partial charge < -0.3 is 37.9 Å². The van der Waals surface area contributed by atoms with E-state index in [-0.39, 0.29) is 113 Å². The van der Waals surface area contributed by atoms with Crippen LogP contribution in [0.25, 0.3) is 77.0 Å². The van der Waals surface area contributed by atoms with E-state index in [1.807, 2.05) is 25.8 Å². The summed E-state index contributed by atoms with van der Waals surface area (Å²) in [6, 6.07) is 15.6. The van der Waals surface area contributed by atoms with Gasteiger partial charge in [-0.2, -0.15) is 52.7 Å². The second kappa shape index (κ2) is 26.7. The van der Waals surface area contributed by atoms with Gasteiger partial charge in [0.25, 0.3) is 11.1 Å². The third kappa shape index (κ3) is 12.8. The quantitative estimate of drug-likeness (QED) is 0.0252. The van der Waals surface area contributed by atoms with Crippen molar-refractivity contribution in [1.82, 2.24) is 14.4 Å². The van der Waals surface area contributed by atoms with Crippen LogP contribution in [0.3, 0.4) is 0 Å². The number of nitrogens with zero attached hydrogens (tertiary/aromatic N) is 4. The summed E-state index contributed by atoms with van der Waals surface area (Å²) in [4.78, 5) is 72.4. The molecule has 29 heteroatoms. The van der Waals surface area contributed by atoms with Gasteiger partial charge in [0.15, 0.2) is 0 Å².